The molecule has 4 aromatic rings. The van der Waals surface area contributed by atoms with Gasteiger partial charge in [-0.1, -0.05) is 49.6 Å². The molecule has 1 saturated carbocycles. The maximum atomic E-state index is 13.2. The lowest BCUT2D eigenvalue weighted by atomic mass is 9.89. The van der Waals surface area contributed by atoms with Gasteiger partial charge in [-0.25, -0.2) is 0 Å². The third-order valence-electron chi connectivity index (χ3n) is 9.61. The minimum atomic E-state index is -0.283. The highest BCUT2D eigenvalue weighted by atomic mass is 16.5. The Balaban J connectivity index is 1.08. The summed E-state index contributed by atoms with van der Waals surface area (Å²) in [7, 11) is 4.97. The predicted molar refractivity (Wildman–Crippen MR) is 189 cm³/mol. The van der Waals surface area contributed by atoms with Crippen molar-refractivity contribution in [2.24, 2.45) is 13.0 Å². The summed E-state index contributed by atoms with van der Waals surface area (Å²) in [4.78, 5) is 44.5. The van der Waals surface area contributed by atoms with E-state index in [2.05, 4.69) is 27.3 Å². The van der Waals surface area contributed by atoms with Crippen LogP contribution >= 0.6 is 0 Å². The number of aromatic amines is 1. The zero-order valence-corrected chi connectivity index (χ0v) is 28.0. The number of hydrogen-bond donors (Lipinski definition) is 2. The zero-order valence-electron chi connectivity index (χ0n) is 28.0. The summed E-state index contributed by atoms with van der Waals surface area (Å²) in [5, 5.41) is 3.57. The molecule has 2 aliphatic rings. The molecule has 48 heavy (non-hydrogen) atoms. The Kier molecular flexibility index (Phi) is 10.3. The molecule has 2 N–H and O–H groups in total. The summed E-state index contributed by atoms with van der Waals surface area (Å²) < 4.78 is 12.4. The van der Waals surface area contributed by atoms with Gasteiger partial charge in [0.05, 0.1) is 14.2 Å². The van der Waals surface area contributed by atoms with Crippen molar-refractivity contribution in [2.75, 3.05) is 32.6 Å². The van der Waals surface area contributed by atoms with Crippen LogP contribution in [0.4, 0.5) is 5.69 Å². The van der Waals surface area contributed by atoms with Gasteiger partial charge < -0.3 is 24.3 Å². The van der Waals surface area contributed by atoms with E-state index in [-0.39, 0.29) is 22.4 Å². The fourth-order valence-electron chi connectivity index (χ4n) is 6.81. The molecule has 0 spiro atoms. The number of carbonyl (C=O) groups excluding carboxylic acids is 1. The first-order chi connectivity index (χ1) is 23.3. The molecular formula is C39H44N4O5. The van der Waals surface area contributed by atoms with E-state index in [0.29, 0.717) is 28.1 Å². The van der Waals surface area contributed by atoms with Crippen LogP contribution in [0.3, 0.4) is 0 Å². The molecule has 2 heterocycles. The Morgan fingerprint density at radius 1 is 0.958 bits per heavy atom. The first-order valence-electron chi connectivity index (χ1n) is 16.8. The number of fused-ring (bicyclic) bond motifs is 1. The highest BCUT2D eigenvalue weighted by Crippen LogP contribution is 2.33. The number of ether oxygens (including phenoxy) is 2. The molecule has 0 atom stereocenters. The number of amides is 1. The number of hydrogen-bond acceptors (Lipinski definition) is 6. The third kappa shape index (κ3) is 7.63. The molecule has 1 aliphatic heterocycles. The number of nitrogens with zero attached hydrogens (tertiary/aromatic N) is 2. The van der Waals surface area contributed by atoms with E-state index in [9.17, 15) is 14.4 Å². The molecule has 9 heteroatoms. The van der Waals surface area contributed by atoms with Gasteiger partial charge in [-0.3, -0.25) is 19.3 Å². The molecule has 1 fully saturated rings. The van der Waals surface area contributed by atoms with Gasteiger partial charge in [0, 0.05) is 37.9 Å². The number of aromatic nitrogens is 2. The third-order valence-corrected chi connectivity index (χ3v) is 9.61. The lowest BCUT2D eigenvalue weighted by Crippen LogP contribution is -2.52. The van der Waals surface area contributed by atoms with E-state index < -0.39 is 0 Å². The Hall–Kier alpha value is -4.89. The van der Waals surface area contributed by atoms with Crippen molar-refractivity contribution in [2.45, 2.75) is 51.5 Å². The van der Waals surface area contributed by atoms with Gasteiger partial charge in [0.15, 0.2) is 11.5 Å². The summed E-state index contributed by atoms with van der Waals surface area (Å²) in [6, 6.07) is 19.1. The van der Waals surface area contributed by atoms with Crippen molar-refractivity contribution in [3.63, 3.8) is 0 Å². The second-order valence-corrected chi connectivity index (χ2v) is 12.9. The highest BCUT2D eigenvalue weighted by molar-refractivity contribution is 6.04. The number of H-pyrrole nitrogens is 1. The van der Waals surface area contributed by atoms with Crippen LogP contribution < -0.4 is 36.6 Å². The topological polar surface area (TPSA) is 106 Å². The maximum absolute atomic E-state index is 13.2. The Bertz CT molecular complexity index is 2020. The maximum Gasteiger partial charge on any atom is 0.274 e. The van der Waals surface area contributed by atoms with Crippen LogP contribution in [-0.2, 0) is 26.4 Å². The van der Waals surface area contributed by atoms with Crippen molar-refractivity contribution in [1.82, 2.24) is 14.5 Å². The number of anilines is 1. The van der Waals surface area contributed by atoms with Gasteiger partial charge in [-0.15, -0.1) is 0 Å². The lowest BCUT2D eigenvalue weighted by Gasteiger charge is -2.29. The molecule has 3 aromatic carbocycles. The van der Waals surface area contributed by atoms with Crippen molar-refractivity contribution in [3.8, 4) is 11.5 Å². The van der Waals surface area contributed by atoms with Gasteiger partial charge in [0.2, 0.25) is 0 Å². The Labute approximate surface area is 280 Å². The van der Waals surface area contributed by atoms with Gasteiger partial charge in [-0.2, -0.15) is 0 Å². The minimum Gasteiger partial charge on any atom is -0.493 e. The van der Waals surface area contributed by atoms with Gasteiger partial charge in [0.1, 0.15) is 10.7 Å². The molecule has 0 unspecified atom stereocenters. The van der Waals surface area contributed by atoms with Crippen LogP contribution in [-0.4, -0.2) is 47.7 Å². The van der Waals surface area contributed by atoms with Crippen LogP contribution in [0.25, 0.3) is 12.2 Å². The van der Waals surface area contributed by atoms with Gasteiger partial charge in [0.25, 0.3) is 17.0 Å². The average Bonchev–Trinajstić information content (AvgIpc) is 3.11. The van der Waals surface area contributed by atoms with E-state index in [1.165, 1.54) is 27.7 Å². The first kappa shape index (κ1) is 33.0. The van der Waals surface area contributed by atoms with E-state index in [0.717, 1.165) is 69.7 Å². The summed E-state index contributed by atoms with van der Waals surface area (Å²) in [6.45, 7) is 2.79. The van der Waals surface area contributed by atoms with E-state index in [1.54, 1.807) is 51.6 Å². The van der Waals surface area contributed by atoms with Crippen molar-refractivity contribution < 1.29 is 14.3 Å². The predicted octanol–water partition coefficient (Wildman–Crippen LogP) is 4.13. The molecule has 0 saturated heterocycles. The van der Waals surface area contributed by atoms with Crippen LogP contribution in [0.1, 0.15) is 64.7 Å². The molecule has 0 radical (unpaired) electrons. The van der Waals surface area contributed by atoms with Crippen molar-refractivity contribution in [1.29, 1.82) is 0 Å². The summed E-state index contributed by atoms with van der Waals surface area (Å²) in [5.74, 6) is 1.60. The molecule has 6 rings (SSSR count). The van der Waals surface area contributed by atoms with Crippen molar-refractivity contribution in [3.05, 3.63) is 120 Å². The second-order valence-electron chi connectivity index (χ2n) is 12.9. The highest BCUT2D eigenvalue weighted by Gasteiger charge is 2.19. The second kappa shape index (κ2) is 14.9. The molecule has 9 nitrogen and oxygen atoms in total. The molecular weight excluding hydrogens is 604 g/mol. The number of benzene rings is 3. The molecule has 1 aliphatic carbocycles. The van der Waals surface area contributed by atoms with E-state index in [4.69, 9.17) is 9.47 Å². The monoisotopic (exact) mass is 648 g/mol. The molecule has 1 aromatic heterocycles. The number of carbonyl (C=O) groups is 1. The number of rotatable bonds is 9. The largest absolute Gasteiger partial charge is 0.493 e. The zero-order chi connectivity index (χ0) is 33.6. The summed E-state index contributed by atoms with van der Waals surface area (Å²) in [6.07, 6.45) is 11.0. The fourth-order valence-corrected chi connectivity index (χ4v) is 6.81. The SMILES string of the molecule is COc1cc2c(cc1OC)CN(CCc1ccc(NC(=O)c3cccc(C=c4[nH]c(=O)c(=CC5CCCCC5)n(C)c4=O)c3)cc1)CC2. The normalized spacial score (nSPS) is 16.1. The molecule has 0 bridgehead atoms. The minimum absolute atomic E-state index is 0.185. The average molecular weight is 649 g/mol. The molecule has 1 amide bonds. The standard InChI is InChI=1S/C39H44N4O5/c1-42-34(22-27-8-5-4-6-9-27)38(45)41-33(39(42)46)21-28-10-7-11-30(20-28)37(44)40-32-14-12-26(13-15-32)16-18-43-19-17-29-23-35(47-2)36(48-3)24-31(29)25-43/h7,10-15,20-24,27H,4-6,8-9,16-19,25H2,1-3H3,(H,40,44)(H,41,45). The summed E-state index contributed by atoms with van der Waals surface area (Å²) >= 11 is 0. The molecule has 250 valence electrons. The Morgan fingerprint density at radius 3 is 2.42 bits per heavy atom. The van der Waals surface area contributed by atoms with Crippen LogP contribution in [0.15, 0.2) is 70.3 Å². The van der Waals surface area contributed by atoms with Gasteiger partial charge >= 0.3 is 0 Å². The Morgan fingerprint density at radius 2 is 1.69 bits per heavy atom. The van der Waals surface area contributed by atoms with Gasteiger partial charge in [-0.05, 0) is 96.3 Å². The van der Waals surface area contributed by atoms with Crippen LogP contribution in [0, 0.1) is 5.92 Å². The fraction of sp³-hybridized carbons (Fsp3) is 0.359. The number of nitrogens with one attached hydrogen (secondary N) is 2. The van der Waals surface area contributed by atoms with E-state index >= 15 is 0 Å². The van der Waals surface area contributed by atoms with Crippen molar-refractivity contribution >= 4 is 23.7 Å². The number of methoxy groups -OCH3 is 2. The van der Waals surface area contributed by atoms with Crippen LogP contribution in [0.5, 0.6) is 11.5 Å². The first-order valence-corrected chi connectivity index (χ1v) is 16.8. The summed E-state index contributed by atoms with van der Waals surface area (Å²) in [5.41, 5.74) is 5.02. The quantitative estimate of drug-likeness (QED) is 0.283. The van der Waals surface area contributed by atoms with Crippen LogP contribution in [0.2, 0.25) is 0 Å². The lowest BCUT2D eigenvalue weighted by molar-refractivity contribution is 0.102. The smallest absolute Gasteiger partial charge is 0.274 e. The van der Waals surface area contributed by atoms with E-state index in [1.807, 2.05) is 30.3 Å².